The molecule has 2 rings (SSSR count). The van der Waals surface area contributed by atoms with Crippen molar-refractivity contribution in [2.24, 2.45) is 0 Å². The quantitative estimate of drug-likeness (QED) is 0.765. The fourth-order valence-electron chi connectivity index (χ4n) is 1.36. The maximum atomic E-state index is 5.69. The van der Waals surface area contributed by atoms with Gasteiger partial charge in [0.05, 0.1) is 12.7 Å². The molecule has 0 aromatic heterocycles. The summed E-state index contributed by atoms with van der Waals surface area (Å²) in [6.07, 6.45) is 2.52. The van der Waals surface area contributed by atoms with Crippen LogP contribution in [0, 0.1) is 0 Å². The maximum absolute atomic E-state index is 5.69. The molecule has 0 radical (unpaired) electrons. The van der Waals surface area contributed by atoms with Crippen molar-refractivity contribution in [2.45, 2.75) is 17.6 Å². The molecule has 2 nitrogen and oxygen atoms in total. The van der Waals surface area contributed by atoms with E-state index < -0.39 is 0 Å². The van der Waals surface area contributed by atoms with Crippen LogP contribution in [0.4, 0.5) is 0 Å². The molecule has 0 saturated carbocycles. The molecule has 76 valence electrons. The van der Waals surface area contributed by atoms with Gasteiger partial charge in [0.25, 0.3) is 0 Å². The van der Waals surface area contributed by atoms with E-state index in [1.165, 1.54) is 10.5 Å². The molecule has 1 fully saturated rings. The van der Waals surface area contributed by atoms with Crippen LogP contribution in [0.1, 0.15) is 5.56 Å². The van der Waals surface area contributed by atoms with Crippen molar-refractivity contribution < 1.29 is 4.74 Å². The molecule has 0 bridgehead atoms. The first-order valence-electron chi connectivity index (χ1n) is 4.84. The number of thioether (sulfide) groups is 1. The molecule has 1 heterocycles. The Morgan fingerprint density at radius 3 is 3.00 bits per heavy atom. The predicted molar refractivity (Wildman–Crippen MR) is 59.7 cm³/mol. The molecule has 0 spiro atoms. The zero-order chi connectivity index (χ0) is 9.80. The first kappa shape index (κ1) is 10.0. The SMILES string of the molecule is CSc1cccc(COC2CNC2)c1. The van der Waals surface area contributed by atoms with Crippen molar-refractivity contribution in [1.29, 1.82) is 0 Å². The summed E-state index contributed by atoms with van der Waals surface area (Å²) in [5, 5.41) is 3.19. The van der Waals surface area contributed by atoms with Crippen LogP contribution in [0.25, 0.3) is 0 Å². The van der Waals surface area contributed by atoms with Crippen LogP contribution < -0.4 is 5.32 Å². The van der Waals surface area contributed by atoms with E-state index in [-0.39, 0.29) is 0 Å². The van der Waals surface area contributed by atoms with Crippen molar-refractivity contribution in [3.8, 4) is 0 Å². The molecule has 1 aliphatic rings. The zero-order valence-corrected chi connectivity index (χ0v) is 9.14. The minimum Gasteiger partial charge on any atom is -0.371 e. The molecule has 1 saturated heterocycles. The van der Waals surface area contributed by atoms with Crippen molar-refractivity contribution in [3.05, 3.63) is 29.8 Å². The van der Waals surface area contributed by atoms with E-state index in [4.69, 9.17) is 4.74 Å². The van der Waals surface area contributed by atoms with E-state index in [1.807, 2.05) is 0 Å². The summed E-state index contributed by atoms with van der Waals surface area (Å²) in [5.41, 5.74) is 1.27. The van der Waals surface area contributed by atoms with Crippen LogP contribution in [0.5, 0.6) is 0 Å². The van der Waals surface area contributed by atoms with Crippen LogP contribution in [-0.4, -0.2) is 25.4 Å². The molecule has 0 amide bonds. The molecular formula is C11H15NOS. The van der Waals surface area contributed by atoms with Gasteiger partial charge in [-0.05, 0) is 24.0 Å². The fourth-order valence-corrected chi connectivity index (χ4v) is 1.84. The summed E-state index contributed by atoms with van der Waals surface area (Å²) in [6, 6.07) is 8.52. The van der Waals surface area contributed by atoms with Gasteiger partial charge in [0.15, 0.2) is 0 Å². The first-order chi connectivity index (χ1) is 6.88. The first-order valence-corrected chi connectivity index (χ1v) is 6.06. The van der Waals surface area contributed by atoms with Crippen LogP contribution in [0.2, 0.25) is 0 Å². The molecule has 0 unspecified atom stereocenters. The van der Waals surface area contributed by atoms with E-state index in [0.29, 0.717) is 6.10 Å². The summed E-state index contributed by atoms with van der Waals surface area (Å²) in [5.74, 6) is 0. The van der Waals surface area contributed by atoms with Gasteiger partial charge in [0.1, 0.15) is 0 Å². The smallest absolute Gasteiger partial charge is 0.0828 e. The lowest BCUT2D eigenvalue weighted by molar-refractivity contribution is 0.00752. The van der Waals surface area contributed by atoms with Gasteiger partial charge in [-0.3, -0.25) is 0 Å². The van der Waals surface area contributed by atoms with E-state index in [9.17, 15) is 0 Å². The van der Waals surface area contributed by atoms with Crippen LogP contribution in [-0.2, 0) is 11.3 Å². The number of hydrogen-bond acceptors (Lipinski definition) is 3. The van der Waals surface area contributed by atoms with E-state index >= 15 is 0 Å². The highest BCUT2D eigenvalue weighted by Crippen LogP contribution is 2.16. The van der Waals surface area contributed by atoms with Gasteiger partial charge in [-0.1, -0.05) is 12.1 Å². The highest BCUT2D eigenvalue weighted by molar-refractivity contribution is 7.98. The van der Waals surface area contributed by atoms with Crippen molar-refractivity contribution in [1.82, 2.24) is 5.32 Å². The fraction of sp³-hybridized carbons (Fsp3) is 0.455. The predicted octanol–water partition coefficient (Wildman–Crippen LogP) is 1.90. The highest BCUT2D eigenvalue weighted by Gasteiger charge is 2.16. The summed E-state index contributed by atoms with van der Waals surface area (Å²) >= 11 is 1.77. The second kappa shape index (κ2) is 4.82. The summed E-state index contributed by atoms with van der Waals surface area (Å²) in [6.45, 7) is 2.74. The number of hydrogen-bond donors (Lipinski definition) is 1. The molecule has 1 aromatic carbocycles. The summed E-state index contributed by atoms with van der Waals surface area (Å²) < 4.78 is 5.69. The topological polar surface area (TPSA) is 21.3 Å². The van der Waals surface area contributed by atoms with Gasteiger partial charge in [0, 0.05) is 18.0 Å². The van der Waals surface area contributed by atoms with Crippen LogP contribution in [0.15, 0.2) is 29.2 Å². The standard InChI is InChI=1S/C11H15NOS/c1-14-11-4-2-3-9(5-11)8-13-10-6-12-7-10/h2-5,10,12H,6-8H2,1H3. The average molecular weight is 209 g/mol. The Bertz CT molecular complexity index is 299. The van der Waals surface area contributed by atoms with Crippen molar-refractivity contribution >= 4 is 11.8 Å². The lowest BCUT2D eigenvalue weighted by Crippen LogP contribution is -2.48. The third kappa shape index (κ3) is 2.50. The molecule has 3 heteroatoms. The minimum absolute atomic E-state index is 0.424. The monoisotopic (exact) mass is 209 g/mol. The Balaban J connectivity index is 1.87. The normalized spacial score (nSPS) is 16.6. The molecule has 0 atom stereocenters. The molecule has 1 N–H and O–H groups in total. The van der Waals surface area contributed by atoms with Crippen molar-refractivity contribution in [2.75, 3.05) is 19.3 Å². The Morgan fingerprint density at radius 2 is 2.36 bits per heavy atom. The number of nitrogens with one attached hydrogen (secondary N) is 1. The maximum Gasteiger partial charge on any atom is 0.0828 e. The van der Waals surface area contributed by atoms with Crippen molar-refractivity contribution in [3.63, 3.8) is 0 Å². The largest absolute Gasteiger partial charge is 0.371 e. The van der Waals surface area contributed by atoms with Gasteiger partial charge in [-0.15, -0.1) is 11.8 Å². The number of benzene rings is 1. The van der Waals surface area contributed by atoms with Gasteiger partial charge in [-0.2, -0.15) is 0 Å². The summed E-state index contributed by atoms with van der Waals surface area (Å²) in [4.78, 5) is 1.30. The minimum atomic E-state index is 0.424. The Morgan fingerprint density at radius 1 is 1.50 bits per heavy atom. The third-order valence-corrected chi connectivity index (χ3v) is 3.09. The van der Waals surface area contributed by atoms with Crippen LogP contribution >= 0.6 is 11.8 Å². The highest BCUT2D eigenvalue weighted by atomic mass is 32.2. The zero-order valence-electron chi connectivity index (χ0n) is 8.32. The van der Waals surface area contributed by atoms with Gasteiger partial charge >= 0.3 is 0 Å². The van der Waals surface area contributed by atoms with E-state index in [0.717, 1.165) is 19.7 Å². The molecule has 1 aliphatic heterocycles. The Kier molecular flexibility index (Phi) is 3.45. The average Bonchev–Trinajstić information content (AvgIpc) is 2.16. The van der Waals surface area contributed by atoms with E-state index in [2.05, 4.69) is 35.8 Å². The number of rotatable bonds is 4. The van der Waals surface area contributed by atoms with Gasteiger partial charge < -0.3 is 10.1 Å². The Hall–Kier alpha value is -0.510. The number of ether oxygens (including phenoxy) is 1. The molecule has 1 aromatic rings. The van der Waals surface area contributed by atoms with Crippen LogP contribution in [0.3, 0.4) is 0 Å². The second-order valence-electron chi connectivity index (χ2n) is 3.44. The molecular weight excluding hydrogens is 194 g/mol. The summed E-state index contributed by atoms with van der Waals surface area (Å²) in [7, 11) is 0. The Labute approximate surface area is 89.0 Å². The third-order valence-electron chi connectivity index (χ3n) is 2.36. The van der Waals surface area contributed by atoms with Gasteiger partial charge in [-0.25, -0.2) is 0 Å². The lowest BCUT2D eigenvalue weighted by Gasteiger charge is -2.27. The molecule has 14 heavy (non-hydrogen) atoms. The van der Waals surface area contributed by atoms with E-state index in [1.54, 1.807) is 11.8 Å². The van der Waals surface area contributed by atoms with Gasteiger partial charge in [0.2, 0.25) is 0 Å². The second-order valence-corrected chi connectivity index (χ2v) is 4.32. The molecule has 0 aliphatic carbocycles. The lowest BCUT2D eigenvalue weighted by atomic mass is 10.2.